The second kappa shape index (κ2) is 5.00. The molecular weight excluding hydrogens is 228 g/mol. The van der Waals surface area contributed by atoms with Gasteiger partial charge < -0.3 is 10.5 Å². The zero-order valence-corrected chi connectivity index (χ0v) is 11.0. The molecule has 0 aromatic carbocycles. The van der Waals surface area contributed by atoms with Crippen LogP contribution >= 0.6 is 0 Å². The lowest BCUT2D eigenvalue weighted by Crippen LogP contribution is -2.54. The molecule has 96 valence electrons. The Labute approximate surface area is 97.8 Å². The molecule has 16 heavy (non-hydrogen) atoms. The zero-order valence-electron chi connectivity index (χ0n) is 10.2. The summed E-state index contributed by atoms with van der Waals surface area (Å²) < 4.78 is 32.3. The van der Waals surface area contributed by atoms with Gasteiger partial charge in [-0.05, 0) is 26.7 Å². The van der Waals surface area contributed by atoms with Crippen molar-refractivity contribution in [3.63, 3.8) is 0 Å². The predicted molar refractivity (Wildman–Crippen MR) is 63.6 cm³/mol. The molecule has 1 aliphatic heterocycles. The molecule has 1 aliphatic rings. The molecule has 5 nitrogen and oxygen atoms in total. The first-order valence-electron chi connectivity index (χ1n) is 5.70. The maximum Gasteiger partial charge on any atom is 0.216 e. The van der Waals surface area contributed by atoms with Crippen molar-refractivity contribution in [2.75, 3.05) is 13.2 Å². The number of sulfonamides is 1. The van der Waals surface area contributed by atoms with E-state index in [9.17, 15) is 8.42 Å². The van der Waals surface area contributed by atoms with Gasteiger partial charge in [0.25, 0.3) is 0 Å². The molecule has 0 amide bonds. The van der Waals surface area contributed by atoms with Crippen LogP contribution in [-0.4, -0.2) is 38.5 Å². The molecule has 0 aliphatic carbocycles. The third kappa shape index (κ3) is 2.74. The van der Waals surface area contributed by atoms with Crippen molar-refractivity contribution in [2.24, 2.45) is 5.73 Å². The molecule has 6 heteroatoms. The summed E-state index contributed by atoms with van der Waals surface area (Å²) in [7, 11) is -3.35. The van der Waals surface area contributed by atoms with Crippen molar-refractivity contribution in [3.8, 4) is 0 Å². The van der Waals surface area contributed by atoms with Crippen LogP contribution in [0.1, 0.15) is 33.6 Å². The monoisotopic (exact) mass is 250 g/mol. The van der Waals surface area contributed by atoms with Crippen LogP contribution in [0, 0.1) is 0 Å². The van der Waals surface area contributed by atoms with E-state index in [0.29, 0.717) is 19.4 Å². The molecule has 0 saturated carbocycles. The largest absolute Gasteiger partial charge is 0.376 e. The third-order valence-corrected chi connectivity index (χ3v) is 5.57. The van der Waals surface area contributed by atoms with Gasteiger partial charge in [-0.1, -0.05) is 6.92 Å². The summed E-state index contributed by atoms with van der Waals surface area (Å²) in [4.78, 5) is 0. The quantitative estimate of drug-likeness (QED) is 0.731. The van der Waals surface area contributed by atoms with Gasteiger partial charge in [0.1, 0.15) is 0 Å². The number of nitrogens with one attached hydrogen (secondary N) is 1. The lowest BCUT2D eigenvalue weighted by molar-refractivity contribution is 0.0956. The first kappa shape index (κ1) is 13.9. The Morgan fingerprint density at radius 2 is 2.25 bits per heavy atom. The van der Waals surface area contributed by atoms with Gasteiger partial charge in [0.15, 0.2) is 0 Å². The minimum Gasteiger partial charge on any atom is -0.376 e. The van der Waals surface area contributed by atoms with E-state index in [-0.39, 0.29) is 12.6 Å². The summed E-state index contributed by atoms with van der Waals surface area (Å²) in [6.45, 7) is 6.34. The normalized spacial score (nSPS) is 32.9. The predicted octanol–water partition coefficient (Wildman–Crippen LogP) is 0.211. The third-order valence-electron chi connectivity index (χ3n) is 3.42. The molecule has 3 N–H and O–H groups in total. The van der Waals surface area contributed by atoms with Gasteiger partial charge >= 0.3 is 0 Å². The molecule has 1 rings (SSSR count). The van der Waals surface area contributed by atoms with E-state index in [4.69, 9.17) is 10.5 Å². The van der Waals surface area contributed by atoms with Gasteiger partial charge in [-0.15, -0.1) is 0 Å². The fraction of sp³-hybridized carbons (Fsp3) is 1.00. The highest BCUT2D eigenvalue weighted by atomic mass is 32.2. The van der Waals surface area contributed by atoms with Crippen LogP contribution in [0.3, 0.4) is 0 Å². The van der Waals surface area contributed by atoms with Gasteiger partial charge in [0.05, 0.1) is 16.9 Å². The highest BCUT2D eigenvalue weighted by Crippen LogP contribution is 2.26. The Balaban J connectivity index is 2.79. The average Bonchev–Trinajstić information content (AvgIpc) is 2.47. The van der Waals surface area contributed by atoms with Crippen molar-refractivity contribution in [1.29, 1.82) is 0 Å². The summed E-state index contributed by atoms with van der Waals surface area (Å²) >= 11 is 0. The molecular formula is C10H22N2O3S. The summed E-state index contributed by atoms with van der Waals surface area (Å²) in [6.07, 6.45) is 1.13. The number of ether oxygens (including phenoxy) is 1. The molecule has 0 aromatic heterocycles. The number of hydrogen-bond donors (Lipinski definition) is 2. The number of hydrogen-bond acceptors (Lipinski definition) is 4. The average molecular weight is 250 g/mol. The van der Waals surface area contributed by atoms with Gasteiger partial charge in [0.2, 0.25) is 10.0 Å². The zero-order chi connectivity index (χ0) is 12.4. The Kier molecular flexibility index (Phi) is 4.34. The van der Waals surface area contributed by atoms with E-state index < -0.39 is 20.8 Å². The van der Waals surface area contributed by atoms with Crippen molar-refractivity contribution in [1.82, 2.24) is 4.72 Å². The highest BCUT2D eigenvalue weighted by molar-refractivity contribution is 7.90. The second-order valence-corrected chi connectivity index (χ2v) is 6.55. The molecule has 0 spiro atoms. The van der Waals surface area contributed by atoms with Gasteiger partial charge in [0, 0.05) is 13.2 Å². The van der Waals surface area contributed by atoms with E-state index in [1.54, 1.807) is 0 Å². The summed E-state index contributed by atoms with van der Waals surface area (Å²) in [5, 5.41) is -0.517. The van der Waals surface area contributed by atoms with Crippen LogP contribution in [0.25, 0.3) is 0 Å². The van der Waals surface area contributed by atoms with Crippen molar-refractivity contribution in [2.45, 2.75) is 50.5 Å². The standard InChI is InChI=1S/C10H22N2O3S/c1-4-9(7-11)16(13,14)12-10(3)5-6-15-8(10)2/h8-9,12H,4-7,11H2,1-3H3. The maximum absolute atomic E-state index is 12.1. The SMILES string of the molecule is CCC(CN)S(=O)(=O)NC1(C)CCOC1C. The summed E-state index contributed by atoms with van der Waals surface area (Å²) in [5.74, 6) is 0. The van der Waals surface area contributed by atoms with Gasteiger partial charge in [-0.3, -0.25) is 0 Å². The molecule has 0 aromatic rings. The fourth-order valence-corrected chi connectivity index (χ4v) is 3.67. The first-order valence-corrected chi connectivity index (χ1v) is 7.25. The van der Waals surface area contributed by atoms with E-state index in [0.717, 1.165) is 0 Å². The molecule has 1 saturated heterocycles. The van der Waals surface area contributed by atoms with E-state index >= 15 is 0 Å². The molecule has 1 fully saturated rings. The van der Waals surface area contributed by atoms with E-state index in [1.807, 2.05) is 20.8 Å². The molecule has 1 heterocycles. The Hall–Kier alpha value is -0.170. The summed E-state index contributed by atoms with van der Waals surface area (Å²) in [5.41, 5.74) is 4.97. The second-order valence-electron chi connectivity index (χ2n) is 4.59. The minimum atomic E-state index is -3.35. The highest BCUT2D eigenvalue weighted by Gasteiger charge is 2.41. The Bertz CT molecular complexity index is 327. The van der Waals surface area contributed by atoms with Crippen molar-refractivity contribution >= 4 is 10.0 Å². The Morgan fingerprint density at radius 3 is 2.62 bits per heavy atom. The van der Waals surface area contributed by atoms with Crippen LogP contribution in [0.4, 0.5) is 0 Å². The minimum absolute atomic E-state index is 0.0995. The number of rotatable bonds is 5. The molecule has 0 radical (unpaired) electrons. The van der Waals surface area contributed by atoms with Gasteiger partial charge in [-0.25, -0.2) is 13.1 Å². The van der Waals surface area contributed by atoms with Crippen LogP contribution in [-0.2, 0) is 14.8 Å². The first-order chi connectivity index (χ1) is 7.35. The molecule has 3 atom stereocenters. The smallest absolute Gasteiger partial charge is 0.216 e. The van der Waals surface area contributed by atoms with Crippen LogP contribution in [0.15, 0.2) is 0 Å². The van der Waals surface area contributed by atoms with Crippen LogP contribution in [0.2, 0.25) is 0 Å². The van der Waals surface area contributed by atoms with E-state index in [2.05, 4.69) is 4.72 Å². The summed E-state index contributed by atoms with van der Waals surface area (Å²) in [6, 6.07) is 0. The van der Waals surface area contributed by atoms with E-state index in [1.165, 1.54) is 0 Å². The van der Waals surface area contributed by atoms with Crippen LogP contribution in [0.5, 0.6) is 0 Å². The topological polar surface area (TPSA) is 81.4 Å². The lowest BCUT2D eigenvalue weighted by Gasteiger charge is -2.30. The van der Waals surface area contributed by atoms with Crippen LogP contribution < -0.4 is 10.5 Å². The van der Waals surface area contributed by atoms with Gasteiger partial charge in [-0.2, -0.15) is 0 Å². The molecule has 0 bridgehead atoms. The Morgan fingerprint density at radius 1 is 1.62 bits per heavy atom. The fourth-order valence-electron chi connectivity index (χ4n) is 1.89. The van der Waals surface area contributed by atoms with Crippen molar-refractivity contribution in [3.05, 3.63) is 0 Å². The van der Waals surface area contributed by atoms with Crippen molar-refractivity contribution < 1.29 is 13.2 Å². The molecule has 3 unspecified atom stereocenters. The number of nitrogens with two attached hydrogens (primary N) is 1. The maximum atomic E-state index is 12.1. The lowest BCUT2D eigenvalue weighted by atomic mass is 9.97.